The number of alkyl halides is 3. The van der Waals surface area contributed by atoms with Crippen molar-refractivity contribution in [2.24, 2.45) is 0 Å². The standard InChI is InChI=1S/C30H33F3N8O/c1-15(16-8-11-20(35-14-16)30(31,32)33)41-26-23(19(13-34)40-41)27(42)39-25(38-26)18-10-9-17(18)24-36-21(28(2,3)4)12-22(37-24)29(5,6)7/h8,11-12,14-15,17-18H,9-10H2,1-7H3,(H,38,39,42)/t15?,17-,18-/m1/s1. The highest BCUT2D eigenvalue weighted by Crippen LogP contribution is 2.47. The minimum absolute atomic E-state index is 0.0323. The van der Waals surface area contributed by atoms with Crippen LogP contribution in [0.5, 0.6) is 0 Å². The van der Waals surface area contributed by atoms with Crippen molar-refractivity contribution >= 4 is 11.0 Å². The maximum atomic E-state index is 13.3. The number of nitriles is 1. The fourth-order valence-electron chi connectivity index (χ4n) is 5.08. The highest BCUT2D eigenvalue weighted by atomic mass is 19.4. The third-order valence-corrected chi connectivity index (χ3v) is 7.85. The Morgan fingerprint density at radius 2 is 1.60 bits per heavy atom. The molecule has 0 spiro atoms. The van der Waals surface area contributed by atoms with Gasteiger partial charge in [0.05, 0.1) is 6.04 Å². The first-order valence-electron chi connectivity index (χ1n) is 13.8. The van der Waals surface area contributed by atoms with Crippen molar-refractivity contribution in [1.29, 1.82) is 5.26 Å². The van der Waals surface area contributed by atoms with Crippen LogP contribution in [0.25, 0.3) is 11.0 Å². The van der Waals surface area contributed by atoms with Crippen LogP contribution < -0.4 is 5.56 Å². The lowest BCUT2D eigenvalue weighted by molar-refractivity contribution is -0.141. The number of nitrogens with zero attached hydrogens (tertiary/aromatic N) is 7. The first-order chi connectivity index (χ1) is 19.5. The largest absolute Gasteiger partial charge is 0.433 e. The second kappa shape index (κ2) is 10.00. The summed E-state index contributed by atoms with van der Waals surface area (Å²) in [5.74, 6) is 0.912. The topological polar surface area (TPSA) is 126 Å². The molecule has 0 amide bonds. The molecule has 1 saturated carbocycles. The van der Waals surface area contributed by atoms with Crippen molar-refractivity contribution in [2.75, 3.05) is 0 Å². The van der Waals surface area contributed by atoms with E-state index in [-0.39, 0.29) is 39.4 Å². The van der Waals surface area contributed by atoms with E-state index in [0.717, 1.165) is 36.5 Å². The number of aromatic amines is 1. The average Bonchev–Trinajstić information content (AvgIpc) is 3.25. The van der Waals surface area contributed by atoms with E-state index in [2.05, 4.69) is 62.7 Å². The Balaban J connectivity index is 1.58. The highest BCUT2D eigenvalue weighted by molar-refractivity contribution is 5.80. The molecule has 1 unspecified atom stereocenters. The number of halogens is 3. The molecule has 0 aliphatic heterocycles. The van der Waals surface area contributed by atoms with E-state index in [1.165, 1.54) is 10.7 Å². The third-order valence-electron chi connectivity index (χ3n) is 7.85. The molecule has 4 aromatic rings. The quantitative estimate of drug-likeness (QED) is 0.312. The Morgan fingerprint density at radius 3 is 2.07 bits per heavy atom. The minimum atomic E-state index is -4.57. The first kappa shape index (κ1) is 29.4. The Morgan fingerprint density at radius 1 is 0.976 bits per heavy atom. The van der Waals surface area contributed by atoms with Crippen LogP contribution >= 0.6 is 0 Å². The Bertz CT molecular complexity index is 1720. The van der Waals surface area contributed by atoms with Crippen LogP contribution in [0, 0.1) is 11.3 Å². The van der Waals surface area contributed by atoms with Crippen LogP contribution in [0.15, 0.2) is 29.2 Å². The second-order valence-electron chi connectivity index (χ2n) is 13.0. The Labute approximate surface area is 241 Å². The van der Waals surface area contributed by atoms with Crippen molar-refractivity contribution in [3.63, 3.8) is 0 Å². The van der Waals surface area contributed by atoms with Gasteiger partial charge in [0.2, 0.25) is 0 Å². The zero-order valence-electron chi connectivity index (χ0n) is 24.6. The van der Waals surface area contributed by atoms with Crippen LogP contribution in [0.1, 0.15) is 119 Å². The molecule has 1 fully saturated rings. The van der Waals surface area contributed by atoms with Gasteiger partial charge in [-0.05, 0) is 37.5 Å². The lowest BCUT2D eigenvalue weighted by Crippen LogP contribution is -2.30. The van der Waals surface area contributed by atoms with Crippen LogP contribution in [0.4, 0.5) is 13.2 Å². The minimum Gasteiger partial charge on any atom is -0.310 e. The van der Waals surface area contributed by atoms with Crippen LogP contribution in [0.2, 0.25) is 0 Å². The van der Waals surface area contributed by atoms with Gasteiger partial charge < -0.3 is 4.98 Å². The third kappa shape index (κ3) is 5.28. The van der Waals surface area contributed by atoms with E-state index in [4.69, 9.17) is 15.0 Å². The number of fused-ring (bicyclic) bond motifs is 1. The lowest BCUT2D eigenvalue weighted by atomic mass is 9.72. The SMILES string of the molecule is CC(c1ccc(C(F)(F)F)nc1)n1nc(C#N)c2c(=O)[nH]c([C@@H]3CC[C@H]3c3nc(C(C)(C)C)cc(C(C)(C)C)n3)nc21. The molecule has 1 N–H and O–H groups in total. The number of rotatable bonds is 4. The molecule has 0 radical (unpaired) electrons. The fraction of sp³-hybridized carbons (Fsp3) is 0.500. The van der Waals surface area contributed by atoms with Crippen LogP contribution in [-0.2, 0) is 17.0 Å². The zero-order valence-corrected chi connectivity index (χ0v) is 24.6. The molecule has 5 rings (SSSR count). The molecule has 0 aromatic carbocycles. The molecule has 9 nitrogen and oxygen atoms in total. The van der Waals surface area contributed by atoms with Crippen LogP contribution in [0.3, 0.4) is 0 Å². The van der Waals surface area contributed by atoms with Gasteiger partial charge in [0, 0.05) is 40.3 Å². The monoisotopic (exact) mass is 578 g/mol. The van der Waals surface area contributed by atoms with E-state index in [0.29, 0.717) is 17.2 Å². The maximum absolute atomic E-state index is 13.3. The second-order valence-corrected chi connectivity index (χ2v) is 13.0. The summed E-state index contributed by atoms with van der Waals surface area (Å²) >= 11 is 0. The van der Waals surface area contributed by atoms with Gasteiger partial charge in [0.15, 0.2) is 11.3 Å². The molecule has 1 aliphatic carbocycles. The highest BCUT2D eigenvalue weighted by Gasteiger charge is 2.39. The summed E-state index contributed by atoms with van der Waals surface area (Å²) in [5, 5.41) is 14.0. The summed E-state index contributed by atoms with van der Waals surface area (Å²) in [6.07, 6.45) is -1.87. The molecular formula is C30H33F3N8O. The molecule has 4 aromatic heterocycles. The van der Waals surface area contributed by atoms with E-state index in [1.54, 1.807) is 6.92 Å². The molecule has 1 aliphatic rings. The number of H-pyrrole nitrogens is 1. The molecule has 0 saturated heterocycles. The number of aromatic nitrogens is 7. The van der Waals surface area contributed by atoms with Gasteiger partial charge >= 0.3 is 6.18 Å². The molecule has 42 heavy (non-hydrogen) atoms. The molecule has 3 atom stereocenters. The average molecular weight is 579 g/mol. The van der Waals surface area contributed by atoms with E-state index < -0.39 is 23.5 Å². The van der Waals surface area contributed by atoms with Gasteiger partial charge in [-0.25, -0.2) is 19.6 Å². The molecule has 4 heterocycles. The van der Waals surface area contributed by atoms with Crippen molar-refractivity contribution < 1.29 is 13.2 Å². The normalized spacial score (nSPS) is 18.5. The number of nitrogens with one attached hydrogen (secondary N) is 1. The summed E-state index contributed by atoms with van der Waals surface area (Å²) in [4.78, 5) is 34.4. The van der Waals surface area contributed by atoms with Crippen molar-refractivity contribution in [1.82, 2.24) is 34.7 Å². The predicted molar refractivity (Wildman–Crippen MR) is 150 cm³/mol. The summed E-state index contributed by atoms with van der Waals surface area (Å²) in [5.41, 5.74) is 0.483. The van der Waals surface area contributed by atoms with Gasteiger partial charge in [-0.3, -0.25) is 9.78 Å². The van der Waals surface area contributed by atoms with Gasteiger partial charge in [-0.1, -0.05) is 47.6 Å². The van der Waals surface area contributed by atoms with E-state index in [1.807, 2.05) is 6.07 Å². The van der Waals surface area contributed by atoms with Gasteiger partial charge in [-0.2, -0.15) is 23.5 Å². The summed E-state index contributed by atoms with van der Waals surface area (Å²) < 4.78 is 40.5. The maximum Gasteiger partial charge on any atom is 0.433 e. The van der Waals surface area contributed by atoms with Crippen molar-refractivity contribution in [3.8, 4) is 6.07 Å². The van der Waals surface area contributed by atoms with Gasteiger partial charge in [-0.15, -0.1) is 0 Å². The first-order valence-corrected chi connectivity index (χ1v) is 13.8. The number of hydrogen-bond acceptors (Lipinski definition) is 7. The van der Waals surface area contributed by atoms with Crippen molar-refractivity contribution in [3.05, 3.63) is 74.7 Å². The molecule has 0 bridgehead atoms. The Hall–Kier alpha value is -4.14. The van der Waals surface area contributed by atoms with E-state index >= 15 is 0 Å². The fourth-order valence-corrected chi connectivity index (χ4v) is 5.08. The van der Waals surface area contributed by atoms with Gasteiger partial charge in [0.1, 0.15) is 28.8 Å². The van der Waals surface area contributed by atoms with Gasteiger partial charge in [0.25, 0.3) is 5.56 Å². The molecule has 220 valence electrons. The zero-order chi connectivity index (χ0) is 30.8. The predicted octanol–water partition coefficient (Wildman–Crippen LogP) is 6.06. The van der Waals surface area contributed by atoms with Crippen LogP contribution in [-0.4, -0.2) is 34.7 Å². The smallest absolute Gasteiger partial charge is 0.310 e. The molecule has 12 heteroatoms. The lowest BCUT2D eigenvalue weighted by Gasteiger charge is -2.36. The number of hydrogen-bond donors (Lipinski definition) is 1. The van der Waals surface area contributed by atoms with E-state index in [9.17, 15) is 23.2 Å². The number of pyridine rings is 1. The van der Waals surface area contributed by atoms with Crippen molar-refractivity contribution in [2.45, 2.75) is 96.2 Å². The summed E-state index contributed by atoms with van der Waals surface area (Å²) in [6.45, 7) is 14.4. The summed E-state index contributed by atoms with van der Waals surface area (Å²) in [6, 6.07) is 5.55. The molecular weight excluding hydrogens is 545 g/mol. The Kier molecular flexibility index (Phi) is 6.99. The summed E-state index contributed by atoms with van der Waals surface area (Å²) in [7, 11) is 0.